The summed E-state index contributed by atoms with van der Waals surface area (Å²) in [4.78, 5) is 4.24. The van der Waals surface area contributed by atoms with E-state index in [1.165, 1.54) is 12.1 Å². The number of fused-ring (bicyclic) bond motifs is 1. The molecule has 2 N–H and O–H groups in total. The fraction of sp³-hybridized carbons (Fsp3) is 0.214. The number of ether oxygens (including phenoxy) is 1. The van der Waals surface area contributed by atoms with E-state index in [0.29, 0.717) is 30.0 Å². The molecule has 1 atom stereocenters. The average molecular weight is 244 g/mol. The molecule has 0 spiro atoms. The largest absolute Gasteiger partial charge is 0.488 e. The monoisotopic (exact) mass is 244 g/mol. The summed E-state index contributed by atoms with van der Waals surface area (Å²) in [5.74, 6) is 0.446. The van der Waals surface area contributed by atoms with Gasteiger partial charge in [-0.2, -0.15) is 0 Å². The Kier molecular flexibility index (Phi) is 2.72. The maximum Gasteiger partial charge on any atom is 0.132 e. The quantitative estimate of drug-likeness (QED) is 0.880. The zero-order valence-electron chi connectivity index (χ0n) is 9.77. The molecule has 0 saturated carbocycles. The Labute approximate surface area is 104 Å². The molecule has 1 aliphatic rings. The van der Waals surface area contributed by atoms with Crippen molar-refractivity contribution in [3.05, 3.63) is 47.9 Å². The van der Waals surface area contributed by atoms with Gasteiger partial charge < -0.3 is 10.5 Å². The summed E-state index contributed by atoms with van der Waals surface area (Å²) >= 11 is 0. The van der Waals surface area contributed by atoms with Crippen molar-refractivity contribution >= 4 is 0 Å². The van der Waals surface area contributed by atoms with E-state index in [-0.39, 0.29) is 11.9 Å². The van der Waals surface area contributed by atoms with Crippen LogP contribution in [0.2, 0.25) is 0 Å². The van der Waals surface area contributed by atoms with Crippen LogP contribution in [0, 0.1) is 5.82 Å². The zero-order valence-corrected chi connectivity index (χ0v) is 9.77. The highest BCUT2D eigenvalue weighted by atomic mass is 19.1. The summed E-state index contributed by atoms with van der Waals surface area (Å²) in [6.07, 6.45) is 2.27. The van der Waals surface area contributed by atoms with Crippen LogP contribution in [-0.4, -0.2) is 17.6 Å². The van der Waals surface area contributed by atoms with Crippen molar-refractivity contribution < 1.29 is 9.13 Å². The lowest BCUT2D eigenvalue weighted by Crippen LogP contribution is -2.24. The number of hydrogen-bond donors (Lipinski definition) is 1. The fourth-order valence-electron chi connectivity index (χ4n) is 2.24. The predicted molar refractivity (Wildman–Crippen MR) is 66.8 cm³/mol. The smallest absolute Gasteiger partial charge is 0.132 e. The number of aromatic nitrogens is 1. The molecule has 2 aromatic rings. The Morgan fingerprint density at radius 2 is 2.28 bits per heavy atom. The van der Waals surface area contributed by atoms with Crippen LogP contribution in [0.25, 0.3) is 11.3 Å². The van der Waals surface area contributed by atoms with Crippen LogP contribution < -0.4 is 10.5 Å². The van der Waals surface area contributed by atoms with Crippen molar-refractivity contribution in [2.24, 2.45) is 5.73 Å². The molecule has 0 aliphatic carbocycles. The standard InChI is InChI=1S/C14H13FN2O/c15-10-5-9-6-11(8-16)18-14(9)12(7-10)13-3-1-2-4-17-13/h1-5,7,11H,6,8,16H2/t11-/m0/s1. The van der Waals surface area contributed by atoms with E-state index in [2.05, 4.69) is 4.98 Å². The summed E-state index contributed by atoms with van der Waals surface area (Å²) in [6, 6.07) is 8.51. The number of rotatable bonds is 2. The molecular formula is C14H13FN2O. The first-order valence-electron chi connectivity index (χ1n) is 5.88. The van der Waals surface area contributed by atoms with Gasteiger partial charge in [0.2, 0.25) is 0 Å². The summed E-state index contributed by atoms with van der Waals surface area (Å²) < 4.78 is 19.4. The molecule has 1 aliphatic heterocycles. The second-order valence-electron chi connectivity index (χ2n) is 4.34. The summed E-state index contributed by atoms with van der Waals surface area (Å²) in [5, 5.41) is 0. The van der Waals surface area contributed by atoms with Gasteiger partial charge in [-0.25, -0.2) is 4.39 Å². The molecule has 0 saturated heterocycles. The van der Waals surface area contributed by atoms with Gasteiger partial charge in [-0.3, -0.25) is 4.98 Å². The highest BCUT2D eigenvalue weighted by Crippen LogP contribution is 2.38. The molecule has 4 heteroatoms. The Bertz CT molecular complexity index is 572. The van der Waals surface area contributed by atoms with Crippen molar-refractivity contribution in [1.82, 2.24) is 4.98 Å². The predicted octanol–water partition coefficient (Wildman–Crippen LogP) is 2.15. The lowest BCUT2D eigenvalue weighted by molar-refractivity contribution is 0.242. The Morgan fingerprint density at radius 1 is 1.39 bits per heavy atom. The van der Waals surface area contributed by atoms with Crippen molar-refractivity contribution in [2.45, 2.75) is 12.5 Å². The van der Waals surface area contributed by atoms with Gasteiger partial charge in [-0.05, 0) is 24.3 Å². The topological polar surface area (TPSA) is 48.1 Å². The molecule has 0 radical (unpaired) electrons. The van der Waals surface area contributed by atoms with Gasteiger partial charge in [0.05, 0.1) is 5.69 Å². The third-order valence-corrected chi connectivity index (χ3v) is 3.07. The maximum atomic E-state index is 13.6. The first kappa shape index (κ1) is 11.2. The Morgan fingerprint density at radius 3 is 3.00 bits per heavy atom. The number of pyridine rings is 1. The highest BCUT2D eigenvalue weighted by Gasteiger charge is 2.26. The molecule has 3 rings (SSSR count). The number of nitrogens with two attached hydrogens (primary N) is 1. The molecule has 0 unspecified atom stereocenters. The minimum absolute atomic E-state index is 0.0655. The van der Waals surface area contributed by atoms with E-state index in [9.17, 15) is 4.39 Å². The van der Waals surface area contributed by atoms with Crippen LogP contribution in [0.5, 0.6) is 5.75 Å². The first-order chi connectivity index (χ1) is 8.78. The Balaban J connectivity index is 2.12. The molecule has 1 aromatic heterocycles. The van der Waals surface area contributed by atoms with Gasteiger partial charge in [0, 0.05) is 30.3 Å². The number of halogens is 1. The fourth-order valence-corrected chi connectivity index (χ4v) is 2.24. The zero-order chi connectivity index (χ0) is 12.5. The molecule has 0 fully saturated rings. The molecule has 1 aromatic carbocycles. The molecular weight excluding hydrogens is 231 g/mol. The molecule has 3 nitrogen and oxygen atoms in total. The lowest BCUT2D eigenvalue weighted by atomic mass is 10.0. The van der Waals surface area contributed by atoms with Gasteiger partial charge in [0.15, 0.2) is 0 Å². The van der Waals surface area contributed by atoms with Crippen molar-refractivity contribution in [3.8, 4) is 17.0 Å². The van der Waals surface area contributed by atoms with Gasteiger partial charge in [0.25, 0.3) is 0 Å². The number of benzene rings is 1. The number of nitrogens with zero attached hydrogens (tertiary/aromatic N) is 1. The average Bonchev–Trinajstić information content (AvgIpc) is 2.81. The summed E-state index contributed by atoms with van der Waals surface area (Å²) in [6.45, 7) is 0.429. The summed E-state index contributed by atoms with van der Waals surface area (Å²) in [7, 11) is 0. The normalized spacial score (nSPS) is 17.3. The van der Waals surface area contributed by atoms with E-state index in [1.807, 2.05) is 18.2 Å². The lowest BCUT2D eigenvalue weighted by Gasteiger charge is -2.10. The van der Waals surface area contributed by atoms with E-state index in [1.54, 1.807) is 6.20 Å². The van der Waals surface area contributed by atoms with E-state index < -0.39 is 0 Å². The number of hydrogen-bond acceptors (Lipinski definition) is 3. The maximum absolute atomic E-state index is 13.6. The summed E-state index contributed by atoms with van der Waals surface area (Å²) in [5.41, 5.74) is 7.88. The van der Waals surface area contributed by atoms with Crippen molar-refractivity contribution in [1.29, 1.82) is 0 Å². The van der Waals surface area contributed by atoms with Gasteiger partial charge in [-0.15, -0.1) is 0 Å². The van der Waals surface area contributed by atoms with Crippen LogP contribution in [-0.2, 0) is 6.42 Å². The SMILES string of the molecule is NC[C@@H]1Cc2cc(F)cc(-c3ccccn3)c2O1. The van der Waals surface area contributed by atoms with Crippen LogP contribution in [0.4, 0.5) is 4.39 Å². The van der Waals surface area contributed by atoms with Gasteiger partial charge >= 0.3 is 0 Å². The van der Waals surface area contributed by atoms with Gasteiger partial charge in [-0.1, -0.05) is 6.07 Å². The van der Waals surface area contributed by atoms with Crippen LogP contribution in [0.1, 0.15) is 5.56 Å². The van der Waals surface area contributed by atoms with E-state index in [4.69, 9.17) is 10.5 Å². The van der Waals surface area contributed by atoms with E-state index >= 15 is 0 Å². The second-order valence-corrected chi connectivity index (χ2v) is 4.34. The Hall–Kier alpha value is -1.94. The van der Waals surface area contributed by atoms with Crippen LogP contribution in [0.3, 0.4) is 0 Å². The van der Waals surface area contributed by atoms with E-state index in [0.717, 1.165) is 5.56 Å². The van der Waals surface area contributed by atoms with Crippen molar-refractivity contribution in [3.63, 3.8) is 0 Å². The van der Waals surface area contributed by atoms with Crippen molar-refractivity contribution in [2.75, 3.05) is 6.54 Å². The molecule has 92 valence electrons. The minimum atomic E-state index is -0.268. The third-order valence-electron chi connectivity index (χ3n) is 3.07. The third kappa shape index (κ3) is 1.84. The molecule has 0 amide bonds. The molecule has 2 heterocycles. The minimum Gasteiger partial charge on any atom is -0.488 e. The van der Waals surface area contributed by atoms with Crippen LogP contribution >= 0.6 is 0 Å². The van der Waals surface area contributed by atoms with Gasteiger partial charge in [0.1, 0.15) is 17.7 Å². The first-order valence-corrected chi connectivity index (χ1v) is 5.88. The second kappa shape index (κ2) is 4.38. The molecule has 0 bridgehead atoms. The molecule has 18 heavy (non-hydrogen) atoms. The highest BCUT2D eigenvalue weighted by molar-refractivity contribution is 5.70. The van der Waals surface area contributed by atoms with Crippen LogP contribution in [0.15, 0.2) is 36.5 Å².